The SMILES string of the molecule is CCOC(=O)[C@H]1C(=O)N(CCC(C)C)c2nc3ccccc3n2[C@@H]1c1cccnc1. The lowest BCUT2D eigenvalue weighted by atomic mass is 9.90. The Morgan fingerprint density at radius 2 is 2.00 bits per heavy atom. The standard InChI is InChI=1S/C23H26N4O3/c1-4-30-22(29)19-20(16-8-7-12-24-14-16)27-18-10-6-5-9-17(18)25-23(27)26(21(19)28)13-11-15(2)3/h5-10,12,14-15,19-20H,4,11,13H2,1-3H3/t19-,20-/m1/s1. The van der Waals surface area contributed by atoms with Gasteiger partial charge in [-0.15, -0.1) is 0 Å². The van der Waals surface area contributed by atoms with Crippen LogP contribution in [0.25, 0.3) is 11.0 Å². The van der Waals surface area contributed by atoms with Gasteiger partial charge in [0.25, 0.3) is 0 Å². The molecule has 1 aliphatic rings. The summed E-state index contributed by atoms with van der Waals surface area (Å²) in [6.45, 7) is 6.68. The zero-order valence-corrected chi connectivity index (χ0v) is 17.5. The van der Waals surface area contributed by atoms with Crippen molar-refractivity contribution in [3.05, 3.63) is 54.4 Å². The fourth-order valence-corrected chi connectivity index (χ4v) is 4.00. The van der Waals surface area contributed by atoms with Crippen LogP contribution in [-0.2, 0) is 14.3 Å². The van der Waals surface area contributed by atoms with E-state index in [9.17, 15) is 9.59 Å². The topological polar surface area (TPSA) is 77.3 Å². The second-order valence-corrected chi connectivity index (χ2v) is 7.90. The maximum absolute atomic E-state index is 13.6. The Balaban J connectivity index is 1.95. The molecule has 3 heterocycles. The third-order valence-corrected chi connectivity index (χ3v) is 5.44. The number of hydrogen-bond donors (Lipinski definition) is 0. The lowest BCUT2D eigenvalue weighted by Crippen LogP contribution is -2.50. The predicted molar refractivity (Wildman–Crippen MR) is 114 cm³/mol. The Labute approximate surface area is 175 Å². The molecule has 1 amide bonds. The largest absolute Gasteiger partial charge is 0.465 e. The third-order valence-electron chi connectivity index (χ3n) is 5.44. The van der Waals surface area contributed by atoms with E-state index in [-0.39, 0.29) is 12.5 Å². The molecule has 7 heteroatoms. The van der Waals surface area contributed by atoms with Crippen molar-refractivity contribution in [1.29, 1.82) is 0 Å². The molecule has 156 valence electrons. The third kappa shape index (κ3) is 3.44. The van der Waals surface area contributed by atoms with E-state index in [1.54, 1.807) is 24.2 Å². The quantitative estimate of drug-likeness (QED) is 0.462. The molecule has 0 bridgehead atoms. The molecule has 0 unspecified atom stereocenters. The first-order chi connectivity index (χ1) is 14.5. The van der Waals surface area contributed by atoms with Gasteiger partial charge in [-0.25, -0.2) is 4.98 Å². The lowest BCUT2D eigenvalue weighted by Gasteiger charge is -2.38. The number of ether oxygens (including phenoxy) is 1. The van der Waals surface area contributed by atoms with Gasteiger partial charge < -0.3 is 9.30 Å². The number of pyridine rings is 1. The van der Waals surface area contributed by atoms with Crippen LogP contribution in [0, 0.1) is 11.8 Å². The van der Waals surface area contributed by atoms with E-state index in [1.807, 2.05) is 41.0 Å². The molecular formula is C23H26N4O3. The molecular weight excluding hydrogens is 380 g/mol. The number of imidazole rings is 1. The van der Waals surface area contributed by atoms with Gasteiger partial charge in [-0.2, -0.15) is 0 Å². The summed E-state index contributed by atoms with van der Waals surface area (Å²) in [6.07, 6.45) is 4.18. The van der Waals surface area contributed by atoms with Gasteiger partial charge in [0.05, 0.1) is 23.7 Å². The van der Waals surface area contributed by atoms with Crippen LogP contribution in [0.2, 0.25) is 0 Å². The number of rotatable bonds is 6. The van der Waals surface area contributed by atoms with E-state index in [4.69, 9.17) is 9.72 Å². The Kier molecular flexibility index (Phi) is 5.53. The van der Waals surface area contributed by atoms with E-state index >= 15 is 0 Å². The van der Waals surface area contributed by atoms with Gasteiger partial charge in [0.15, 0.2) is 5.92 Å². The van der Waals surface area contributed by atoms with Gasteiger partial charge in [0.1, 0.15) is 0 Å². The molecule has 0 fully saturated rings. The average molecular weight is 406 g/mol. The highest BCUT2D eigenvalue weighted by atomic mass is 16.5. The molecule has 7 nitrogen and oxygen atoms in total. The van der Waals surface area contributed by atoms with Gasteiger partial charge in [-0.05, 0) is 43.0 Å². The van der Waals surface area contributed by atoms with E-state index in [0.717, 1.165) is 23.0 Å². The highest BCUT2D eigenvalue weighted by Gasteiger charge is 2.47. The number of hydrogen-bond acceptors (Lipinski definition) is 5. The van der Waals surface area contributed by atoms with E-state index in [2.05, 4.69) is 18.8 Å². The fraction of sp³-hybridized carbons (Fsp3) is 0.391. The Morgan fingerprint density at radius 3 is 2.70 bits per heavy atom. The molecule has 0 radical (unpaired) electrons. The second-order valence-electron chi connectivity index (χ2n) is 7.90. The monoisotopic (exact) mass is 406 g/mol. The summed E-state index contributed by atoms with van der Waals surface area (Å²) in [4.78, 5) is 37.3. The average Bonchev–Trinajstić information content (AvgIpc) is 3.12. The summed E-state index contributed by atoms with van der Waals surface area (Å²) in [6, 6.07) is 10.9. The molecule has 2 aromatic heterocycles. The number of aromatic nitrogens is 3. The number of nitrogens with zero attached hydrogens (tertiary/aromatic N) is 4. The molecule has 4 rings (SSSR count). The van der Waals surface area contributed by atoms with Crippen molar-refractivity contribution in [3.63, 3.8) is 0 Å². The molecule has 0 saturated carbocycles. The minimum atomic E-state index is -0.994. The van der Waals surface area contributed by atoms with Crippen LogP contribution in [0.1, 0.15) is 38.8 Å². The van der Waals surface area contributed by atoms with Crippen molar-refractivity contribution in [2.45, 2.75) is 33.2 Å². The number of esters is 1. The normalized spacial score (nSPS) is 18.7. The lowest BCUT2D eigenvalue weighted by molar-refractivity contribution is -0.153. The molecule has 1 aromatic carbocycles. The van der Waals surface area contributed by atoms with Crippen molar-refractivity contribution in [1.82, 2.24) is 14.5 Å². The molecule has 1 aliphatic heterocycles. The summed E-state index contributed by atoms with van der Waals surface area (Å²) in [7, 11) is 0. The van der Waals surface area contributed by atoms with E-state index < -0.39 is 17.9 Å². The number of carbonyl (C=O) groups is 2. The Morgan fingerprint density at radius 1 is 1.20 bits per heavy atom. The van der Waals surface area contributed by atoms with Crippen molar-refractivity contribution in [2.75, 3.05) is 18.1 Å². The molecule has 0 saturated heterocycles. The summed E-state index contributed by atoms with van der Waals surface area (Å²) >= 11 is 0. The van der Waals surface area contributed by atoms with Crippen LogP contribution >= 0.6 is 0 Å². The first-order valence-corrected chi connectivity index (χ1v) is 10.4. The molecule has 0 aliphatic carbocycles. The van der Waals surface area contributed by atoms with Crippen molar-refractivity contribution >= 4 is 28.9 Å². The number of anilines is 1. The first kappa shape index (κ1) is 20.1. The van der Waals surface area contributed by atoms with Crippen molar-refractivity contribution in [2.24, 2.45) is 11.8 Å². The van der Waals surface area contributed by atoms with Gasteiger partial charge in [-0.1, -0.05) is 32.0 Å². The second kappa shape index (κ2) is 8.26. The van der Waals surface area contributed by atoms with Crippen LogP contribution in [0.5, 0.6) is 0 Å². The Bertz CT molecular complexity index is 1060. The maximum Gasteiger partial charge on any atom is 0.321 e. The molecule has 0 spiro atoms. The minimum absolute atomic E-state index is 0.214. The van der Waals surface area contributed by atoms with Crippen LogP contribution < -0.4 is 4.90 Å². The number of carbonyl (C=O) groups excluding carboxylic acids is 2. The zero-order chi connectivity index (χ0) is 21.3. The minimum Gasteiger partial charge on any atom is -0.465 e. The number of fused-ring (bicyclic) bond motifs is 3. The maximum atomic E-state index is 13.6. The summed E-state index contributed by atoms with van der Waals surface area (Å²) in [5.41, 5.74) is 2.43. The number of para-hydroxylation sites is 2. The molecule has 2 atom stereocenters. The van der Waals surface area contributed by atoms with Crippen LogP contribution in [-0.4, -0.2) is 39.6 Å². The van der Waals surface area contributed by atoms with Gasteiger partial charge >= 0.3 is 5.97 Å². The smallest absolute Gasteiger partial charge is 0.321 e. The molecule has 30 heavy (non-hydrogen) atoms. The summed E-state index contributed by atoms with van der Waals surface area (Å²) < 4.78 is 7.34. The Hall–Kier alpha value is -3.22. The van der Waals surface area contributed by atoms with Gasteiger partial charge in [0, 0.05) is 18.9 Å². The van der Waals surface area contributed by atoms with Gasteiger partial charge in [-0.3, -0.25) is 19.5 Å². The number of amides is 1. The number of benzene rings is 1. The van der Waals surface area contributed by atoms with Crippen LogP contribution in [0.4, 0.5) is 5.95 Å². The van der Waals surface area contributed by atoms with Gasteiger partial charge in [0.2, 0.25) is 11.9 Å². The zero-order valence-electron chi connectivity index (χ0n) is 17.5. The molecule has 0 N–H and O–H groups in total. The summed E-state index contributed by atoms with van der Waals surface area (Å²) in [5.74, 6) is -0.810. The highest BCUT2D eigenvalue weighted by Crippen LogP contribution is 2.41. The highest BCUT2D eigenvalue weighted by molar-refractivity contribution is 6.08. The fourth-order valence-electron chi connectivity index (χ4n) is 4.00. The molecule has 3 aromatic rings. The van der Waals surface area contributed by atoms with E-state index in [1.165, 1.54) is 0 Å². The first-order valence-electron chi connectivity index (χ1n) is 10.4. The summed E-state index contributed by atoms with van der Waals surface area (Å²) in [5, 5.41) is 0. The van der Waals surface area contributed by atoms with Crippen LogP contribution in [0.15, 0.2) is 48.8 Å². The van der Waals surface area contributed by atoms with Crippen molar-refractivity contribution < 1.29 is 14.3 Å². The van der Waals surface area contributed by atoms with E-state index in [0.29, 0.717) is 18.4 Å². The van der Waals surface area contributed by atoms with Crippen LogP contribution in [0.3, 0.4) is 0 Å². The predicted octanol–water partition coefficient (Wildman–Crippen LogP) is 3.59. The van der Waals surface area contributed by atoms with Crippen molar-refractivity contribution in [3.8, 4) is 0 Å².